The molecule has 0 spiro atoms. The van der Waals surface area contributed by atoms with Crippen molar-refractivity contribution in [2.45, 2.75) is 26.3 Å². The summed E-state index contributed by atoms with van der Waals surface area (Å²) >= 11 is 5.92. The third kappa shape index (κ3) is 3.76. The van der Waals surface area contributed by atoms with Crippen molar-refractivity contribution in [1.82, 2.24) is 19.6 Å². The van der Waals surface area contributed by atoms with E-state index in [-0.39, 0.29) is 17.4 Å². The minimum Gasteiger partial charge on any atom is -0.356 e. The van der Waals surface area contributed by atoms with Crippen LogP contribution in [0.3, 0.4) is 0 Å². The number of carbonyl (C=O) groups is 1. The quantitative estimate of drug-likeness (QED) is 0.913. The Balaban J connectivity index is 1.67. The van der Waals surface area contributed by atoms with Gasteiger partial charge in [-0.2, -0.15) is 0 Å². The van der Waals surface area contributed by atoms with E-state index >= 15 is 0 Å². The van der Waals surface area contributed by atoms with Gasteiger partial charge in [-0.1, -0.05) is 11.6 Å². The first-order chi connectivity index (χ1) is 11.6. The molecule has 0 radical (unpaired) electrons. The second kappa shape index (κ2) is 7.32. The van der Waals surface area contributed by atoms with Gasteiger partial charge in [-0.15, -0.1) is 0 Å². The minimum absolute atomic E-state index is 0.0959. The molecule has 128 valence electrons. The van der Waals surface area contributed by atoms with Crippen molar-refractivity contribution in [2.75, 3.05) is 19.6 Å². The zero-order valence-electron chi connectivity index (χ0n) is 13.7. The first kappa shape index (κ1) is 16.9. The third-order valence-electron chi connectivity index (χ3n) is 4.37. The number of amides is 1. The van der Waals surface area contributed by atoms with Crippen molar-refractivity contribution in [3.05, 3.63) is 45.5 Å². The number of aromatic nitrogens is 2. The molecule has 0 aliphatic carbocycles. The first-order valence-corrected chi connectivity index (χ1v) is 8.62. The van der Waals surface area contributed by atoms with Gasteiger partial charge < -0.3 is 5.32 Å². The molecule has 1 N–H and O–H groups in total. The highest BCUT2D eigenvalue weighted by Gasteiger charge is 2.24. The van der Waals surface area contributed by atoms with E-state index in [0.717, 1.165) is 31.6 Å². The summed E-state index contributed by atoms with van der Waals surface area (Å²) in [4.78, 5) is 30.9. The average molecular weight is 349 g/mol. The number of hydrogen-bond donors (Lipinski definition) is 1. The number of nitrogens with one attached hydrogen (secondary N) is 1. The molecule has 24 heavy (non-hydrogen) atoms. The summed E-state index contributed by atoms with van der Waals surface area (Å²) in [5.74, 6) is 0.245. The summed E-state index contributed by atoms with van der Waals surface area (Å²) < 4.78 is 1.45. The summed E-state index contributed by atoms with van der Waals surface area (Å²) in [5.41, 5.74) is 1.22. The van der Waals surface area contributed by atoms with Crippen LogP contribution in [0.25, 0.3) is 5.65 Å². The van der Waals surface area contributed by atoms with Gasteiger partial charge in [0.05, 0.1) is 10.7 Å². The normalized spacial score (nSPS) is 16.4. The molecule has 1 aliphatic heterocycles. The van der Waals surface area contributed by atoms with Crippen molar-refractivity contribution in [1.29, 1.82) is 0 Å². The topological polar surface area (TPSA) is 66.7 Å². The zero-order valence-corrected chi connectivity index (χ0v) is 14.4. The second-order valence-electron chi connectivity index (χ2n) is 6.11. The molecule has 2 aromatic rings. The van der Waals surface area contributed by atoms with E-state index in [9.17, 15) is 9.59 Å². The Labute approximate surface area is 145 Å². The maximum Gasteiger partial charge on any atom is 0.258 e. The van der Waals surface area contributed by atoms with Crippen molar-refractivity contribution in [3.8, 4) is 0 Å². The highest BCUT2D eigenvalue weighted by molar-refractivity contribution is 6.30. The van der Waals surface area contributed by atoms with Crippen molar-refractivity contribution >= 4 is 23.2 Å². The SMILES string of the molecule is CCNC(=O)C1CCN(Cc2cc(=O)n3cc(Cl)ccc3n2)CC1. The summed E-state index contributed by atoms with van der Waals surface area (Å²) in [6, 6.07) is 5.03. The molecule has 3 rings (SSSR count). The zero-order chi connectivity index (χ0) is 17.1. The summed E-state index contributed by atoms with van der Waals surface area (Å²) in [7, 11) is 0. The maximum absolute atomic E-state index is 12.2. The predicted molar refractivity (Wildman–Crippen MR) is 93.2 cm³/mol. The van der Waals surface area contributed by atoms with Gasteiger partial charge in [-0.05, 0) is 45.0 Å². The van der Waals surface area contributed by atoms with Crippen LogP contribution >= 0.6 is 11.6 Å². The highest BCUT2D eigenvalue weighted by Crippen LogP contribution is 2.19. The second-order valence-corrected chi connectivity index (χ2v) is 6.54. The van der Waals surface area contributed by atoms with Crippen LogP contribution in [0.1, 0.15) is 25.5 Å². The van der Waals surface area contributed by atoms with Crippen LogP contribution in [0.5, 0.6) is 0 Å². The number of piperidine rings is 1. The first-order valence-electron chi connectivity index (χ1n) is 8.24. The van der Waals surface area contributed by atoms with Gasteiger partial charge in [0.2, 0.25) is 5.91 Å². The number of halogens is 1. The summed E-state index contributed by atoms with van der Waals surface area (Å²) in [6.07, 6.45) is 3.26. The van der Waals surface area contributed by atoms with Crippen molar-refractivity contribution < 1.29 is 4.79 Å². The van der Waals surface area contributed by atoms with E-state index in [0.29, 0.717) is 23.8 Å². The molecule has 0 saturated carbocycles. The predicted octanol–water partition coefficient (Wildman–Crippen LogP) is 1.70. The molecule has 1 saturated heterocycles. The van der Waals surface area contributed by atoms with Gasteiger partial charge in [0.25, 0.3) is 5.56 Å². The lowest BCUT2D eigenvalue weighted by atomic mass is 9.96. The van der Waals surface area contributed by atoms with E-state index in [1.54, 1.807) is 24.4 Å². The smallest absolute Gasteiger partial charge is 0.258 e. The van der Waals surface area contributed by atoms with Crippen LogP contribution in [0.15, 0.2) is 29.2 Å². The van der Waals surface area contributed by atoms with E-state index in [2.05, 4.69) is 15.2 Å². The number of likely N-dealkylation sites (tertiary alicyclic amines) is 1. The molecule has 2 aromatic heterocycles. The Morgan fingerprint density at radius 1 is 1.38 bits per heavy atom. The maximum atomic E-state index is 12.2. The third-order valence-corrected chi connectivity index (χ3v) is 4.60. The number of nitrogens with zero attached hydrogens (tertiary/aromatic N) is 3. The molecule has 0 aromatic carbocycles. The number of carbonyl (C=O) groups excluding carboxylic acids is 1. The van der Waals surface area contributed by atoms with Gasteiger partial charge in [0.1, 0.15) is 5.65 Å². The van der Waals surface area contributed by atoms with Gasteiger partial charge in [0, 0.05) is 31.3 Å². The Hall–Kier alpha value is -1.92. The Kier molecular flexibility index (Phi) is 5.16. The number of hydrogen-bond acceptors (Lipinski definition) is 4. The van der Waals surface area contributed by atoms with E-state index < -0.39 is 0 Å². The van der Waals surface area contributed by atoms with E-state index in [1.807, 2.05) is 6.92 Å². The number of pyridine rings is 1. The van der Waals surface area contributed by atoms with Gasteiger partial charge in [-0.25, -0.2) is 4.98 Å². The van der Waals surface area contributed by atoms with Gasteiger partial charge in [-0.3, -0.25) is 18.9 Å². The largest absolute Gasteiger partial charge is 0.356 e. The standard InChI is InChI=1S/C17H21ClN4O2/c1-2-19-17(24)12-5-7-21(8-6-12)11-14-9-16(23)22-10-13(18)3-4-15(22)20-14/h3-4,9-10,12H,2,5-8,11H2,1H3,(H,19,24). The highest BCUT2D eigenvalue weighted by atomic mass is 35.5. The van der Waals surface area contributed by atoms with E-state index in [1.165, 1.54) is 4.40 Å². The van der Waals surface area contributed by atoms with Crippen LogP contribution in [0, 0.1) is 5.92 Å². The average Bonchev–Trinajstić information content (AvgIpc) is 2.56. The fourth-order valence-corrected chi connectivity index (χ4v) is 3.27. The molecule has 0 bridgehead atoms. The Bertz CT molecular complexity index is 797. The molecule has 1 fully saturated rings. The van der Waals surface area contributed by atoms with Crippen LogP contribution in [-0.2, 0) is 11.3 Å². The molecule has 0 atom stereocenters. The monoisotopic (exact) mass is 348 g/mol. The number of fused-ring (bicyclic) bond motifs is 1. The summed E-state index contributed by atoms with van der Waals surface area (Å²) in [6.45, 7) is 4.90. The lowest BCUT2D eigenvalue weighted by Gasteiger charge is -2.30. The molecule has 0 unspecified atom stereocenters. The van der Waals surface area contributed by atoms with Crippen LogP contribution in [0.2, 0.25) is 5.02 Å². The number of rotatable bonds is 4. The van der Waals surface area contributed by atoms with Crippen LogP contribution in [-0.4, -0.2) is 39.8 Å². The minimum atomic E-state index is -0.130. The van der Waals surface area contributed by atoms with E-state index in [4.69, 9.17) is 11.6 Å². The molecule has 1 aliphatic rings. The molecular weight excluding hydrogens is 328 g/mol. The Morgan fingerprint density at radius 2 is 2.12 bits per heavy atom. The lowest BCUT2D eigenvalue weighted by molar-refractivity contribution is -0.126. The van der Waals surface area contributed by atoms with Gasteiger partial charge in [0.15, 0.2) is 0 Å². The molecular formula is C17H21ClN4O2. The fourth-order valence-electron chi connectivity index (χ4n) is 3.11. The van der Waals surface area contributed by atoms with Gasteiger partial charge >= 0.3 is 0 Å². The fraction of sp³-hybridized carbons (Fsp3) is 0.471. The van der Waals surface area contributed by atoms with Crippen LogP contribution < -0.4 is 10.9 Å². The summed E-state index contributed by atoms with van der Waals surface area (Å²) in [5, 5.41) is 3.39. The van der Waals surface area contributed by atoms with Crippen LogP contribution in [0.4, 0.5) is 0 Å². The molecule has 3 heterocycles. The molecule has 7 heteroatoms. The lowest BCUT2D eigenvalue weighted by Crippen LogP contribution is -2.40. The molecule has 6 nitrogen and oxygen atoms in total. The Morgan fingerprint density at radius 3 is 2.83 bits per heavy atom. The molecule has 1 amide bonds. The van der Waals surface area contributed by atoms with Crippen molar-refractivity contribution in [3.63, 3.8) is 0 Å². The van der Waals surface area contributed by atoms with Crippen molar-refractivity contribution in [2.24, 2.45) is 5.92 Å².